The quantitative estimate of drug-likeness (QED) is 0.674. The Hall–Kier alpha value is -1.76. The van der Waals surface area contributed by atoms with Gasteiger partial charge in [-0.25, -0.2) is 0 Å². The smallest absolute Gasteiger partial charge is 0.119 e. The molecule has 0 saturated carbocycles. The van der Waals surface area contributed by atoms with E-state index in [9.17, 15) is 0 Å². The number of hydrogen-bond donors (Lipinski definition) is 0. The molecule has 0 heterocycles. The van der Waals surface area contributed by atoms with E-state index >= 15 is 0 Å². The molecule has 1 heteroatoms. The van der Waals surface area contributed by atoms with E-state index in [4.69, 9.17) is 4.74 Å². The second kappa shape index (κ2) is 7.14. The van der Waals surface area contributed by atoms with Crippen LogP contribution in [0.1, 0.15) is 49.3 Å². The molecule has 2 aromatic carbocycles. The minimum atomic E-state index is 0.629. The van der Waals surface area contributed by atoms with Crippen LogP contribution in [0.2, 0.25) is 0 Å². The Morgan fingerprint density at radius 2 is 1.60 bits per heavy atom. The molecule has 0 N–H and O–H groups in total. The Morgan fingerprint density at radius 3 is 2.20 bits per heavy atom. The monoisotopic (exact) mass is 268 g/mol. The number of benzene rings is 2. The first-order valence-corrected chi connectivity index (χ1v) is 7.47. The summed E-state index contributed by atoms with van der Waals surface area (Å²) in [6, 6.07) is 17.0. The summed E-state index contributed by atoms with van der Waals surface area (Å²) in [5.74, 6) is 1.57. The molecule has 0 saturated heterocycles. The lowest BCUT2D eigenvalue weighted by atomic mass is 9.97. The Bertz CT molecular complexity index is 510. The van der Waals surface area contributed by atoms with Gasteiger partial charge in [0.15, 0.2) is 0 Å². The summed E-state index contributed by atoms with van der Waals surface area (Å²) < 4.78 is 5.83. The molecule has 0 fully saturated rings. The molecule has 1 atom stereocenters. The fourth-order valence-electron chi connectivity index (χ4n) is 2.34. The lowest BCUT2D eigenvalue weighted by Gasteiger charge is -2.12. The predicted molar refractivity (Wildman–Crippen MR) is 85.3 cm³/mol. The van der Waals surface area contributed by atoms with Crippen molar-refractivity contribution in [3.05, 3.63) is 65.2 Å². The van der Waals surface area contributed by atoms with Gasteiger partial charge in [-0.15, -0.1) is 0 Å². The Morgan fingerprint density at radius 1 is 0.950 bits per heavy atom. The van der Waals surface area contributed by atoms with Gasteiger partial charge in [-0.05, 0) is 42.5 Å². The fraction of sp³-hybridized carbons (Fsp3) is 0.368. The average molecular weight is 268 g/mol. The number of rotatable bonds is 6. The van der Waals surface area contributed by atoms with Crippen molar-refractivity contribution in [1.29, 1.82) is 0 Å². The molecule has 0 radical (unpaired) electrons. The Kier molecular flexibility index (Phi) is 5.23. The van der Waals surface area contributed by atoms with Gasteiger partial charge >= 0.3 is 0 Å². The summed E-state index contributed by atoms with van der Waals surface area (Å²) in [5, 5.41) is 0. The van der Waals surface area contributed by atoms with E-state index in [1.165, 1.54) is 29.5 Å². The largest absolute Gasteiger partial charge is 0.489 e. The lowest BCUT2D eigenvalue weighted by Crippen LogP contribution is -1.96. The molecule has 1 nitrogen and oxygen atoms in total. The second-order valence-electron chi connectivity index (χ2n) is 5.53. The van der Waals surface area contributed by atoms with Gasteiger partial charge in [-0.3, -0.25) is 0 Å². The summed E-state index contributed by atoms with van der Waals surface area (Å²) in [6.45, 7) is 7.24. The van der Waals surface area contributed by atoms with Crippen molar-refractivity contribution in [3.8, 4) is 5.75 Å². The first-order chi connectivity index (χ1) is 9.69. The van der Waals surface area contributed by atoms with Crippen molar-refractivity contribution in [2.75, 3.05) is 0 Å². The van der Waals surface area contributed by atoms with E-state index in [2.05, 4.69) is 69.3 Å². The van der Waals surface area contributed by atoms with Crippen molar-refractivity contribution < 1.29 is 4.74 Å². The Labute approximate surface area is 122 Å². The molecule has 0 aliphatic rings. The van der Waals surface area contributed by atoms with Crippen LogP contribution in [-0.4, -0.2) is 0 Å². The maximum Gasteiger partial charge on any atom is 0.119 e. The van der Waals surface area contributed by atoms with Crippen LogP contribution in [0.5, 0.6) is 5.75 Å². The highest BCUT2D eigenvalue weighted by Gasteiger charge is 2.04. The highest BCUT2D eigenvalue weighted by atomic mass is 16.5. The van der Waals surface area contributed by atoms with E-state index in [0.717, 1.165) is 5.75 Å². The third kappa shape index (κ3) is 4.12. The first-order valence-electron chi connectivity index (χ1n) is 7.47. The SMILES string of the molecule is CCCC(C)c1ccc(OCc2ccc(C)cc2)cc1. The van der Waals surface area contributed by atoms with E-state index < -0.39 is 0 Å². The molecule has 2 aromatic rings. The molecule has 1 unspecified atom stereocenters. The molecule has 0 aliphatic carbocycles. The number of ether oxygens (including phenoxy) is 1. The standard InChI is InChI=1S/C19H24O/c1-4-5-16(3)18-10-12-19(13-11-18)20-14-17-8-6-15(2)7-9-17/h6-13,16H,4-5,14H2,1-3H3. The zero-order chi connectivity index (χ0) is 14.4. The summed E-state index contributed by atoms with van der Waals surface area (Å²) >= 11 is 0. The summed E-state index contributed by atoms with van der Waals surface area (Å²) in [5.41, 5.74) is 3.89. The van der Waals surface area contributed by atoms with Gasteiger partial charge in [-0.1, -0.05) is 62.2 Å². The van der Waals surface area contributed by atoms with Crippen LogP contribution in [0.3, 0.4) is 0 Å². The van der Waals surface area contributed by atoms with Crippen LogP contribution < -0.4 is 4.74 Å². The van der Waals surface area contributed by atoms with E-state index in [-0.39, 0.29) is 0 Å². The molecule has 0 aliphatic heterocycles. The van der Waals surface area contributed by atoms with Gasteiger partial charge in [0.25, 0.3) is 0 Å². The topological polar surface area (TPSA) is 9.23 Å². The zero-order valence-corrected chi connectivity index (χ0v) is 12.7. The number of aryl methyl sites for hydroxylation is 1. The average Bonchev–Trinajstić information content (AvgIpc) is 2.47. The van der Waals surface area contributed by atoms with Gasteiger partial charge in [0, 0.05) is 0 Å². The molecule has 2 rings (SSSR count). The molecule has 0 spiro atoms. The minimum absolute atomic E-state index is 0.629. The van der Waals surface area contributed by atoms with Gasteiger partial charge in [-0.2, -0.15) is 0 Å². The molecule has 20 heavy (non-hydrogen) atoms. The maximum absolute atomic E-state index is 5.83. The zero-order valence-electron chi connectivity index (χ0n) is 12.7. The summed E-state index contributed by atoms with van der Waals surface area (Å²) in [7, 11) is 0. The van der Waals surface area contributed by atoms with Gasteiger partial charge in [0.2, 0.25) is 0 Å². The fourth-order valence-corrected chi connectivity index (χ4v) is 2.34. The highest BCUT2D eigenvalue weighted by Crippen LogP contribution is 2.23. The van der Waals surface area contributed by atoms with Crippen LogP contribution >= 0.6 is 0 Å². The second-order valence-corrected chi connectivity index (χ2v) is 5.53. The van der Waals surface area contributed by atoms with E-state index in [1.54, 1.807) is 0 Å². The number of hydrogen-bond acceptors (Lipinski definition) is 1. The summed E-state index contributed by atoms with van der Waals surface area (Å²) in [6.07, 6.45) is 2.47. The highest BCUT2D eigenvalue weighted by molar-refractivity contribution is 5.29. The molecule has 106 valence electrons. The maximum atomic E-state index is 5.83. The van der Waals surface area contributed by atoms with Gasteiger partial charge < -0.3 is 4.74 Å². The van der Waals surface area contributed by atoms with Crippen LogP contribution in [0.4, 0.5) is 0 Å². The van der Waals surface area contributed by atoms with Crippen LogP contribution in [-0.2, 0) is 6.61 Å². The molecule has 0 aromatic heterocycles. The third-order valence-electron chi connectivity index (χ3n) is 3.70. The van der Waals surface area contributed by atoms with Crippen molar-refractivity contribution in [3.63, 3.8) is 0 Å². The normalized spacial score (nSPS) is 12.2. The lowest BCUT2D eigenvalue weighted by molar-refractivity contribution is 0.306. The van der Waals surface area contributed by atoms with Crippen molar-refractivity contribution in [1.82, 2.24) is 0 Å². The predicted octanol–water partition coefficient (Wildman–Crippen LogP) is 5.48. The van der Waals surface area contributed by atoms with Crippen molar-refractivity contribution in [2.45, 2.75) is 46.1 Å². The molecular formula is C19H24O. The first kappa shape index (κ1) is 14.6. The van der Waals surface area contributed by atoms with Crippen LogP contribution in [0.25, 0.3) is 0 Å². The van der Waals surface area contributed by atoms with E-state index in [0.29, 0.717) is 12.5 Å². The van der Waals surface area contributed by atoms with Crippen molar-refractivity contribution in [2.24, 2.45) is 0 Å². The molecule has 0 amide bonds. The van der Waals surface area contributed by atoms with Crippen LogP contribution in [0, 0.1) is 6.92 Å². The van der Waals surface area contributed by atoms with E-state index in [1.807, 2.05) is 0 Å². The van der Waals surface area contributed by atoms with Gasteiger partial charge in [0.05, 0.1) is 0 Å². The van der Waals surface area contributed by atoms with Crippen molar-refractivity contribution >= 4 is 0 Å². The molecule has 0 bridgehead atoms. The summed E-state index contributed by atoms with van der Waals surface area (Å²) in [4.78, 5) is 0. The molecular weight excluding hydrogens is 244 g/mol. The minimum Gasteiger partial charge on any atom is -0.489 e. The van der Waals surface area contributed by atoms with Crippen LogP contribution in [0.15, 0.2) is 48.5 Å². The Balaban J connectivity index is 1.92. The third-order valence-corrected chi connectivity index (χ3v) is 3.70. The van der Waals surface area contributed by atoms with Gasteiger partial charge in [0.1, 0.15) is 12.4 Å².